The fourth-order valence-corrected chi connectivity index (χ4v) is 3.37. The van der Waals surface area contributed by atoms with Crippen molar-refractivity contribution in [3.63, 3.8) is 0 Å². The van der Waals surface area contributed by atoms with Crippen molar-refractivity contribution in [2.45, 2.75) is 50.5 Å². The van der Waals surface area contributed by atoms with Crippen molar-refractivity contribution in [2.24, 2.45) is 0 Å². The molecule has 2 aliphatic carbocycles. The quantitative estimate of drug-likeness (QED) is 0.867. The number of H-pyrrole nitrogens is 1. The Bertz CT molecular complexity index is 836. The second-order valence-electron chi connectivity index (χ2n) is 7.43. The Morgan fingerprint density at radius 1 is 1.20 bits per heavy atom. The van der Waals surface area contributed by atoms with Crippen molar-refractivity contribution < 1.29 is 0 Å². The Kier molecular flexibility index (Phi) is 3.94. The van der Waals surface area contributed by atoms with Gasteiger partial charge in [-0.15, -0.1) is 0 Å². The molecule has 2 aromatic rings. The molecule has 2 aliphatic rings. The normalized spacial score (nSPS) is 22.4. The van der Waals surface area contributed by atoms with Crippen LogP contribution in [0, 0.1) is 6.92 Å². The summed E-state index contributed by atoms with van der Waals surface area (Å²) >= 11 is 0. The molecule has 0 aliphatic heterocycles. The van der Waals surface area contributed by atoms with Gasteiger partial charge >= 0.3 is 0 Å². The van der Waals surface area contributed by atoms with Gasteiger partial charge in [0.05, 0.1) is 5.69 Å². The zero-order valence-electron chi connectivity index (χ0n) is 14.9. The lowest BCUT2D eigenvalue weighted by molar-refractivity contribution is 0.364. The maximum Gasteiger partial charge on any atom is 0.251 e. The average Bonchev–Trinajstić information content (AvgIpc) is 3.35. The van der Waals surface area contributed by atoms with Gasteiger partial charge < -0.3 is 15.2 Å². The maximum absolute atomic E-state index is 11.9. The number of hydrogen-bond acceptors (Lipinski definition) is 6. The van der Waals surface area contributed by atoms with Crippen molar-refractivity contribution in [3.8, 4) is 0 Å². The van der Waals surface area contributed by atoms with Crippen LogP contribution in [0.2, 0.25) is 0 Å². The van der Waals surface area contributed by atoms with Crippen molar-refractivity contribution in [1.29, 1.82) is 0 Å². The summed E-state index contributed by atoms with van der Waals surface area (Å²) in [5.74, 6) is 3.27. The second-order valence-corrected chi connectivity index (χ2v) is 7.43. The first-order valence-electron chi connectivity index (χ1n) is 8.88. The Labute approximate surface area is 146 Å². The van der Waals surface area contributed by atoms with Gasteiger partial charge in [-0.2, -0.15) is 4.98 Å². The maximum atomic E-state index is 11.9. The van der Waals surface area contributed by atoms with E-state index < -0.39 is 0 Å². The van der Waals surface area contributed by atoms with E-state index >= 15 is 0 Å². The number of aromatic amines is 1. The SMILES string of the molecule is Cc1cnc(NC2CC(c3cc(=O)[nH]c(C4CC4)n3)C2)nc1N(C)C. The van der Waals surface area contributed by atoms with Crippen molar-refractivity contribution in [3.05, 3.63) is 39.7 Å². The van der Waals surface area contributed by atoms with Gasteiger partial charge in [0.2, 0.25) is 5.95 Å². The second kappa shape index (κ2) is 6.13. The highest BCUT2D eigenvalue weighted by Gasteiger charge is 2.34. The fourth-order valence-electron chi connectivity index (χ4n) is 3.37. The summed E-state index contributed by atoms with van der Waals surface area (Å²) in [5, 5.41) is 3.40. The number of aromatic nitrogens is 4. The minimum atomic E-state index is -0.0270. The molecule has 7 heteroatoms. The van der Waals surface area contributed by atoms with Gasteiger partial charge in [-0.1, -0.05) is 0 Å². The lowest BCUT2D eigenvalue weighted by atomic mass is 9.78. The van der Waals surface area contributed by atoms with Crippen LogP contribution in [0.5, 0.6) is 0 Å². The first-order valence-corrected chi connectivity index (χ1v) is 8.88. The Hall–Kier alpha value is -2.44. The highest BCUT2D eigenvalue weighted by molar-refractivity contribution is 5.48. The number of hydrogen-bond donors (Lipinski definition) is 2. The molecular weight excluding hydrogens is 316 g/mol. The summed E-state index contributed by atoms with van der Waals surface area (Å²) in [6, 6.07) is 1.98. The van der Waals surface area contributed by atoms with Crippen LogP contribution in [0.25, 0.3) is 0 Å². The van der Waals surface area contributed by atoms with Gasteiger partial charge in [0.1, 0.15) is 11.6 Å². The molecule has 2 N–H and O–H groups in total. The number of aryl methyl sites for hydroxylation is 1. The molecular formula is C18H24N6O. The lowest BCUT2D eigenvalue weighted by Crippen LogP contribution is -2.36. The molecule has 0 radical (unpaired) electrons. The van der Waals surface area contributed by atoms with E-state index in [0.717, 1.165) is 48.6 Å². The zero-order valence-corrected chi connectivity index (χ0v) is 14.9. The van der Waals surface area contributed by atoms with Crippen molar-refractivity contribution in [2.75, 3.05) is 24.3 Å². The topological polar surface area (TPSA) is 86.8 Å². The molecule has 4 rings (SSSR count). The summed E-state index contributed by atoms with van der Waals surface area (Å²) in [4.78, 5) is 30.4. The van der Waals surface area contributed by atoms with Crippen LogP contribution in [-0.4, -0.2) is 40.1 Å². The molecule has 0 aromatic carbocycles. The molecule has 0 atom stereocenters. The predicted octanol–water partition coefficient (Wildman–Crippen LogP) is 2.17. The molecule has 132 valence electrons. The molecule has 0 saturated heterocycles. The summed E-state index contributed by atoms with van der Waals surface area (Å²) in [5.41, 5.74) is 1.96. The third-order valence-corrected chi connectivity index (χ3v) is 5.00. The minimum Gasteiger partial charge on any atom is -0.362 e. The van der Waals surface area contributed by atoms with Gasteiger partial charge in [-0.05, 0) is 32.6 Å². The first-order chi connectivity index (χ1) is 12.0. The monoisotopic (exact) mass is 340 g/mol. The van der Waals surface area contributed by atoms with Crippen LogP contribution < -0.4 is 15.8 Å². The lowest BCUT2D eigenvalue weighted by Gasteiger charge is -2.35. The van der Waals surface area contributed by atoms with E-state index in [9.17, 15) is 4.79 Å². The predicted molar refractivity (Wildman–Crippen MR) is 97.3 cm³/mol. The van der Waals surface area contributed by atoms with Gasteiger partial charge in [0.15, 0.2) is 0 Å². The summed E-state index contributed by atoms with van der Waals surface area (Å²) in [6.45, 7) is 2.01. The first kappa shape index (κ1) is 16.1. The van der Waals surface area contributed by atoms with E-state index in [2.05, 4.69) is 25.3 Å². The van der Waals surface area contributed by atoms with Crippen molar-refractivity contribution >= 4 is 11.8 Å². The number of rotatable bonds is 5. The van der Waals surface area contributed by atoms with E-state index in [-0.39, 0.29) is 5.56 Å². The Morgan fingerprint density at radius 2 is 1.96 bits per heavy atom. The van der Waals surface area contributed by atoms with Crippen LogP contribution >= 0.6 is 0 Å². The van der Waals surface area contributed by atoms with Crippen LogP contribution in [-0.2, 0) is 0 Å². The van der Waals surface area contributed by atoms with E-state index in [1.165, 1.54) is 0 Å². The standard InChI is InChI=1S/C18H24N6O/c1-10-9-19-18(23-17(10)24(2)3)20-13-6-12(7-13)14-8-15(25)22-16(21-14)11-4-5-11/h8-9,11-13H,4-7H2,1-3H3,(H,19,20,23)(H,21,22,25). The van der Waals surface area contributed by atoms with Gasteiger partial charge in [-0.25, -0.2) is 9.97 Å². The van der Waals surface area contributed by atoms with E-state index in [0.29, 0.717) is 23.8 Å². The Balaban J connectivity index is 1.41. The molecule has 0 spiro atoms. The van der Waals surface area contributed by atoms with E-state index in [1.54, 1.807) is 6.07 Å². The molecule has 0 bridgehead atoms. The third-order valence-electron chi connectivity index (χ3n) is 5.00. The highest BCUT2D eigenvalue weighted by atomic mass is 16.1. The van der Waals surface area contributed by atoms with Gasteiger partial charge in [0, 0.05) is 49.8 Å². The Morgan fingerprint density at radius 3 is 2.64 bits per heavy atom. The van der Waals surface area contributed by atoms with Gasteiger partial charge in [-0.3, -0.25) is 4.79 Å². The smallest absolute Gasteiger partial charge is 0.251 e. The van der Waals surface area contributed by atoms with Crippen LogP contribution in [0.3, 0.4) is 0 Å². The molecule has 2 heterocycles. The largest absolute Gasteiger partial charge is 0.362 e. The zero-order chi connectivity index (χ0) is 17.6. The van der Waals surface area contributed by atoms with E-state index in [1.807, 2.05) is 32.1 Å². The fraction of sp³-hybridized carbons (Fsp3) is 0.556. The molecule has 2 aromatic heterocycles. The van der Waals surface area contributed by atoms with Crippen molar-refractivity contribution in [1.82, 2.24) is 19.9 Å². The third kappa shape index (κ3) is 3.36. The molecule has 2 saturated carbocycles. The van der Waals surface area contributed by atoms with E-state index in [4.69, 9.17) is 0 Å². The number of anilines is 2. The average molecular weight is 340 g/mol. The molecule has 2 fully saturated rings. The molecule has 7 nitrogen and oxygen atoms in total. The summed E-state index contributed by atoms with van der Waals surface area (Å²) in [6.07, 6.45) is 6.03. The number of nitrogens with one attached hydrogen (secondary N) is 2. The summed E-state index contributed by atoms with van der Waals surface area (Å²) in [7, 11) is 3.96. The van der Waals surface area contributed by atoms with Crippen LogP contribution in [0.4, 0.5) is 11.8 Å². The molecule has 0 unspecified atom stereocenters. The summed E-state index contributed by atoms with van der Waals surface area (Å²) < 4.78 is 0. The highest BCUT2D eigenvalue weighted by Crippen LogP contribution is 2.40. The van der Waals surface area contributed by atoms with Gasteiger partial charge in [0.25, 0.3) is 5.56 Å². The van der Waals surface area contributed by atoms with Crippen LogP contribution in [0.1, 0.15) is 54.6 Å². The molecule has 0 amide bonds. The minimum absolute atomic E-state index is 0.0270. The molecule has 25 heavy (non-hydrogen) atoms. The van der Waals surface area contributed by atoms with Crippen LogP contribution in [0.15, 0.2) is 17.1 Å². The number of nitrogens with zero attached hydrogens (tertiary/aromatic N) is 4.